The van der Waals surface area contributed by atoms with Crippen molar-refractivity contribution in [3.8, 4) is 11.1 Å². The van der Waals surface area contributed by atoms with E-state index in [0.717, 1.165) is 10.9 Å². The molecule has 0 aliphatic carbocycles. The maximum Gasteiger partial charge on any atom is 0.412 e. The number of hydrogen-bond donors (Lipinski definition) is 3. The summed E-state index contributed by atoms with van der Waals surface area (Å²) in [6.07, 6.45) is 0.104. The average Bonchev–Trinajstić information content (AvgIpc) is 3.28. The van der Waals surface area contributed by atoms with Gasteiger partial charge in [0.1, 0.15) is 12.3 Å². The highest BCUT2D eigenvalue weighted by atomic mass is 19.2. The van der Waals surface area contributed by atoms with Crippen molar-refractivity contribution in [1.82, 2.24) is 4.98 Å². The van der Waals surface area contributed by atoms with Crippen molar-refractivity contribution >= 4 is 34.1 Å². The maximum absolute atomic E-state index is 15.7. The third kappa shape index (κ3) is 4.44. The van der Waals surface area contributed by atoms with Gasteiger partial charge in [0, 0.05) is 34.0 Å². The second-order valence-electron chi connectivity index (χ2n) is 9.69. The lowest BCUT2D eigenvalue weighted by Crippen LogP contribution is -2.55. The van der Waals surface area contributed by atoms with E-state index in [2.05, 4.69) is 20.8 Å². The molecule has 3 N–H and O–H groups in total. The number of ether oxygens (including phenoxy) is 1. The van der Waals surface area contributed by atoms with Crippen LogP contribution in [0.1, 0.15) is 31.9 Å². The van der Waals surface area contributed by atoms with Crippen molar-refractivity contribution in [2.45, 2.75) is 39.3 Å². The summed E-state index contributed by atoms with van der Waals surface area (Å²) in [4.78, 5) is 21.4. The number of oxime groups is 1. The molecule has 1 unspecified atom stereocenters. The number of halogens is 2. The van der Waals surface area contributed by atoms with Crippen LogP contribution in [0.2, 0.25) is 0 Å². The van der Waals surface area contributed by atoms with Gasteiger partial charge in [-0.1, -0.05) is 41.6 Å². The van der Waals surface area contributed by atoms with E-state index in [0.29, 0.717) is 16.8 Å². The molecular formula is C29H28F2N4O3. The molecule has 1 aliphatic rings. The Kier molecular flexibility index (Phi) is 6.52. The number of aromatic amines is 1. The number of para-hydroxylation sites is 2. The molecule has 5 rings (SSSR count). The van der Waals surface area contributed by atoms with E-state index >= 15 is 8.78 Å². The lowest BCUT2D eigenvalue weighted by Gasteiger charge is -2.41. The van der Waals surface area contributed by atoms with Gasteiger partial charge >= 0.3 is 6.09 Å². The third-order valence-electron chi connectivity index (χ3n) is 6.58. The Balaban J connectivity index is 1.62. The van der Waals surface area contributed by atoms with Gasteiger partial charge in [0.2, 0.25) is 0 Å². The van der Waals surface area contributed by atoms with Crippen molar-refractivity contribution < 1.29 is 23.1 Å². The summed E-state index contributed by atoms with van der Waals surface area (Å²) < 4.78 is 37.1. The van der Waals surface area contributed by atoms with Crippen molar-refractivity contribution in [3.05, 3.63) is 83.6 Å². The largest absolute Gasteiger partial charge is 0.437 e. The number of hydrogen-bond acceptors (Lipinski definition) is 5. The Morgan fingerprint density at radius 2 is 1.82 bits per heavy atom. The molecular weight excluding hydrogens is 490 g/mol. The fourth-order valence-electron chi connectivity index (χ4n) is 4.75. The molecule has 38 heavy (non-hydrogen) atoms. The average molecular weight is 519 g/mol. The number of H-pyrrole nitrogens is 1. The van der Waals surface area contributed by atoms with E-state index in [9.17, 15) is 4.79 Å². The number of aryl methyl sites for hydroxylation is 1. The Morgan fingerprint density at radius 3 is 2.55 bits per heavy atom. The first-order valence-corrected chi connectivity index (χ1v) is 12.3. The zero-order chi connectivity index (χ0) is 27.0. The summed E-state index contributed by atoms with van der Waals surface area (Å²) in [5.41, 5.74) is 2.05. The molecule has 3 aromatic carbocycles. The van der Waals surface area contributed by atoms with E-state index in [1.54, 1.807) is 57.2 Å². The molecule has 7 nitrogen and oxygen atoms in total. The first-order chi connectivity index (χ1) is 18.2. The van der Waals surface area contributed by atoms with Crippen LogP contribution >= 0.6 is 0 Å². The van der Waals surface area contributed by atoms with Gasteiger partial charge in [-0.3, -0.25) is 5.32 Å². The monoisotopic (exact) mass is 518 g/mol. The van der Waals surface area contributed by atoms with E-state index in [1.165, 1.54) is 6.07 Å². The van der Waals surface area contributed by atoms with E-state index in [4.69, 9.17) is 9.57 Å². The zero-order valence-electron chi connectivity index (χ0n) is 21.5. The van der Waals surface area contributed by atoms with Gasteiger partial charge in [0.15, 0.2) is 17.7 Å². The van der Waals surface area contributed by atoms with Gasteiger partial charge in [0.05, 0.1) is 16.7 Å². The summed E-state index contributed by atoms with van der Waals surface area (Å²) >= 11 is 0. The van der Waals surface area contributed by atoms with E-state index in [1.807, 2.05) is 25.3 Å². The van der Waals surface area contributed by atoms with Gasteiger partial charge in [-0.15, -0.1) is 0 Å². The van der Waals surface area contributed by atoms with E-state index < -0.39 is 29.4 Å². The molecule has 0 saturated carbocycles. The zero-order valence-corrected chi connectivity index (χ0v) is 21.5. The number of anilines is 2. The molecule has 4 aromatic rings. The molecule has 0 saturated heterocycles. The lowest BCUT2D eigenvalue weighted by atomic mass is 9.83. The van der Waals surface area contributed by atoms with Gasteiger partial charge in [0.25, 0.3) is 0 Å². The highest BCUT2D eigenvalue weighted by molar-refractivity contribution is 6.12. The van der Waals surface area contributed by atoms with Crippen molar-refractivity contribution in [3.63, 3.8) is 0 Å². The van der Waals surface area contributed by atoms with Crippen LogP contribution < -0.4 is 10.6 Å². The van der Waals surface area contributed by atoms with E-state index in [-0.39, 0.29) is 29.1 Å². The van der Waals surface area contributed by atoms with Crippen molar-refractivity contribution in [1.29, 1.82) is 0 Å². The van der Waals surface area contributed by atoms with Crippen LogP contribution in [0.3, 0.4) is 0 Å². The predicted octanol–water partition coefficient (Wildman–Crippen LogP) is 6.98. The maximum atomic E-state index is 15.7. The molecule has 0 fully saturated rings. The van der Waals surface area contributed by atoms with Crippen molar-refractivity contribution in [2.75, 3.05) is 17.2 Å². The topological polar surface area (TPSA) is 87.7 Å². The first kappa shape index (κ1) is 25.3. The minimum Gasteiger partial charge on any atom is -0.437 e. The molecule has 2 heterocycles. The third-order valence-corrected chi connectivity index (χ3v) is 6.58. The second kappa shape index (κ2) is 9.81. The number of amides is 1. The Labute approximate surface area is 218 Å². The minimum atomic E-state index is -1.05. The molecule has 9 heteroatoms. The van der Waals surface area contributed by atoms with Crippen molar-refractivity contribution in [2.24, 2.45) is 5.16 Å². The van der Waals surface area contributed by atoms with Gasteiger partial charge in [-0.2, -0.15) is 0 Å². The normalized spacial score (nSPS) is 17.1. The lowest BCUT2D eigenvalue weighted by molar-refractivity contribution is 0.105. The molecule has 0 radical (unpaired) electrons. The molecule has 1 amide bonds. The highest BCUT2D eigenvalue weighted by Gasteiger charge is 2.45. The van der Waals surface area contributed by atoms with Crippen LogP contribution in [0.5, 0.6) is 0 Å². The highest BCUT2D eigenvalue weighted by Crippen LogP contribution is 2.41. The molecule has 0 bridgehead atoms. The molecule has 196 valence electrons. The van der Waals surface area contributed by atoms with Gasteiger partial charge < -0.3 is 19.9 Å². The SMILES string of the molecule is CCO/N=C1/c2cc(-c3cccc4c(C)c[nH]c34)c(F)c(F)c2NC(C)(C)C1OC(=O)Nc1ccccc1. The first-order valence-electron chi connectivity index (χ1n) is 12.3. The summed E-state index contributed by atoms with van der Waals surface area (Å²) in [6, 6.07) is 15.8. The predicted molar refractivity (Wildman–Crippen MR) is 145 cm³/mol. The smallest absolute Gasteiger partial charge is 0.412 e. The number of aromatic nitrogens is 1. The second-order valence-corrected chi connectivity index (χ2v) is 9.69. The van der Waals surface area contributed by atoms with Crippen LogP contribution in [0.25, 0.3) is 22.0 Å². The minimum absolute atomic E-state index is 0.0480. The van der Waals surface area contributed by atoms with Crippen LogP contribution in [-0.2, 0) is 9.57 Å². The number of carbonyl (C=O) groups excluding carboxylic acids is 1. The van der Waals surface area contributed by atoms with Gasteiger partial charge in [-0.25, -0.2) is 13.6 Å². The fraction of sp³-hybridized carbons (Fsp3) is 0.241. The molecule has 1 aromatic heterocycles. The molecule has 1 aliphatic heterocycles. The fourth-order valence-corrected chi connectivity index (χ4v) is 4.75. The summed E-state index contributed by atoms with van der Waals surface area (Å²) in [5.74, 6) is -2.05. The van der Waals surface area contributed by atoms with Crippen LogP contribution in [-0.4, -0.2) is 35.0 Å². The number of nitrogens with zero attached hydrogens (tertiary/aromatic N) is 1. The Bertz CT molecular complexity index is 1550. The number of rotatable bonds is 5. The molecule has 0 spiro atoms. The van der Waals surface area contributed by atoms with Crippen LogP contribution in [0.15, 0.2) is 65.9 Å². The van der Waals surface area contributed by atoms with Crippen LogP contribution in [0, 0.1) is 18.6 Å². The number of carbonyl (C=O) groups is 1. The summed E-state index contributed by atoms with van der Waals surface area (Å²) in [7, 11) is 0. The Morgan fingerprint density at radius 1 is 1.05 bits per heavy atom. The summed E-state index contributed by atoms with van der Waals surface area (Å²) in [6.45, 7) is 7.35. The standard InChI is InChI=1S/C29H28F2N4O3/c1-5-37-35-26-21-14-20(19-13-9-12-18-16(2)15-32-24(18)19)22(30)23(31)25(21)34-29(3,4)27(26)38-28(36)33-17-10-7-6-8-11-17/h6-15,27,32,34H,5H2,1-4H3,(H,33,36)/b35-26-. The molecule has 1 atom stereocenters. The Hall–Kier alpha value is -4.40. The summed E-state index contributed by atoms with van der Waals surface area (Å²) in [5, 5.41) is 10.8. The number of benzene rings is 3. The number of fused-ring (bicyclic) bond motifs is 2. The number of nitrogens with one attached hydrogen (secondary N) is 3. The van der Waals surface area contributed by atoms with Crippen LogP contribution in [0.4, 0.5) is 25.0 Å². The van der Waals surface area contributed by atoms with Gasteiger partial charge in [-0.05, 0) is 51.5 Å². The quantitative estimate of drug-likeness (QED) is 0.249.